The lowest BCUT2D eigenvalue weighted by molar-refractivity contribution is -0.143. The second-order valence-corrected chi connectivity index (χ2v) is 9.05. The number of rotatable bonds is 5. The number of hydrogen-bond acceptors (Lipinski definition) is 5. The Balaban J connectivity index is 1.86. The molecule has 0 aliphatic carbocycles. The van der Waals surface area contributed by atoms with Crippen molar-refractivity contribution in [2.75, 3.05) is 25.6 Å². The summed E-state index contributed by atoms with van der Waals surface area (Å²) in [4.78, 5) is 41.3. The number of anilines is 1. The van der Waals surface area contributed by atoms with Crippen molar-refractivity contribution in [1.29, 1.82) is 0 Å². The van der Waals surface area contributed by atoms with E-state index in [9.17, 15) is 14.4 Å². The number of amides is 3. The molecule has 0 radical (unpaired) electrons. The van der Waals surface area contributed by atoms with Crippen LogP contribution in [-0.4, -0.2) is 48.9 Å². The molecule has 156 valence electrons. The third-order valence-electron chi connectivity index (χ3n) is 6.32. The van der Waals surface area contributed by atoms with Crippen LogP contribution >= 0.6 is 11.6 Å². The molecule has 3 aliphatic heterocycles. The van der Waals surface area contributed by atoms with Crippen molar-refractivity contribution in [1.82, 2.24) is 10.2 Å². The predicted octanol–water partition coefficient (Wildman–Crippen LogP) is 2.06. The van der Waals surface area contributed by atoms with Crippen molar-refractivity contribution in [2.45, 2.75) is 38.8 Å². The number of aryl methyl sites for hydroxylation is 1. The lowest BCUT2D eigenvalue weighted by Gasteiger charge is -2.30. The first kappa shape index (κ1) is 20.3. The quantitative estimate of drug-likeness (QED) is 0.713. The summed E-state index contributed by atoms with van der Waals surface area (Å²) in [6.07, 6.45) is 0.683. The van der Waals surface area contributed by atoms with Gasteiger partial charge in [-0.25, -0.2) is 0 Å². The van der Waals surface area contributed by atoms with Crippen LogP contribution in [0.25, 0.3) is 0 Å². The molecule has 8 heteroatoms. The van der Waals surface area contributed by atoms with Gasteiger partial charge in [0.15, 0.2) is 0 Å². The smallest absolute Gasteiger partial charge is 0.250 e. The Morgan fingerprint density at radius 3 is 2.62 bits per heavy atom. The number of ether oxygens (including phenoxy) is 1. The minimum absolute atomic E-state index is 0.189. The molecule has 3 aliphatic rings. The van der Waals surface area contributed by atoms with Crippen molar-refractivity contribution in [3.63, 3.8) is 0 Å². The number of carbonyl (C=O) groups excluding carboxylic acids is 3. The molecule has 1 aromatic rings. The van der Waals surface area contributed by atoms with Crippen molar-refractivity contribution >= 4 is 35.0 Å². The van der Waals surface area contributed by atoms with E-state index in [0.29, 0.717) is 28.6 Å². The summed E-state index contributed by atoms with van der Waals surface area (Å²) in [6.45, 7) is 6.45. The van der Waals surface area contributed by atoms with Gasteiger partial charge in [-0.05, 0) is 37.0 Å². The van der Waals surface area contributed by atoms with E-state index in [-0.39, 0.29) is 36.9 Å². The second-order valence-electron chi connectivity index (χ2n) is 8.61. The SMILES string of the molecule is COCCN1C(=O)C2C(CC(C)C)NC3(C(=O)Nc4c(C)cc(Cl)cc43)C2C1=O. The number of fused-ring (bicyclic) bond motifs is 4. The molecule has 29 heavy (non-hydrogen) atoms. The van der Waals surface area contributed by atoms with E-state index in [1.165, 1.54) is 12.0 Å². The Labute approximate surface area is 175 Å². The Kier molecular flexibility index (Phi) is 4.96. The molecule has 2 saturated heterocycles. The first-order valence-electron chi connectivity index (χ1n) is 9.96. The normalized spacial score (nSPS) is 30.5. The summed E-state index contributed by atoms with van der Waals surface area (Å²) >= 11 is 6.32. The van der Waals surface area contributed by atoms with E-state index in [1.807, 2.05) is 6.92 Å². The van der Waals surface area contributed by atoms with E-state index in [4.69, 9.17) is 16.3 Å². The fraction of sp³-hybridized carbons (Fsp3) is 0.571. The summed E-state index contributed by atoms with van der Waals surface area (Å²) < 4.78 is 5.08. The number of nitrogens with one attached hydrogen (secondary N) is 2. The Morgan fingerprint density at radius 2 is 1.97 bits per heavy atom. The molecule has 4 atom stereocenters. The van der Waals surface area contributed by atoms with E-state index in [1.54, 1.807) is 12.1 Å². The van der Waals surface area contributed by atoms with Gasteiger partial charge in [-0.2, -0.15) is 0 Å². The standard InChI is InChI=1S/C21H26ClN3O4/c1-10(2)7-14-15-16(19(27)25(18(15)26)5-6-29-4)21(24-14)13-9-12(22)8-11(3)17(13)23-20(21)28/h8-10,14-16,24H,5-7H2,1-4H3,(H,23,28). The van der Waals surface area contributed by atoms with Gasteiger partial charge in [0.25, 0.3) is 0 Å². The van der Waals surface area contributed by atoms with Crippen molar-refractivity contribution < 1.29 is 19.1 Å². The summed E-state index contributed by atoms with van der Waals surface area (Å²) in [7, 11) is 1.53. The first-order chi connectivity index (χ1) is 13.7. The van der Waals surface area contributed by atoms with Crippen molar-refractivity contribution in [2.24, 2.45) is 17.8 Å². The molecule has 4 rings (SSSR count). The van der Waals surface area contributed by atoms with E-state index in [0.717, 1.165) is 5.56 Å². The third kappa shape index (κ3) is 2.82. The van der Waals surface area contributed by atoms with Crippen LogP contribution in [0.15, 0.2) is 12.1 Å². The lowest BCUT2D eigenvalue weighted by atomic mass is 9.76. The maximum atomic E-state index is 13.4. The maximum absolute atomic E-state index is 13.4. The molecule has 2 fully saturated rings. The zero-order valence-corrected chi connectivity index (χ0v) is 17.8. The number of likely N-dealkylation sites (tertiary alicyclic amines) is 1. The molecule has 3 amide bonds. The number of methoxy groups -OCH3 is 1. The summed E-state index contributed by atoms with van der Waals surface area (Å²) in [6, 6.07) is 3.24. The fourth-order valence-electron chi connectivity index (χ4n) is 5.21. The largest absolute Gasteiger partial charge is 0.383 e. The minimum Gasteiger partial charge on any atom is -0.383 e. The summed E-state index contributed by atoms with van der Waals surface area (Å²) in [5, 5.41) is 6.86. The van der Waals surface area contributed by atoms with Crippen molar-refractivity contribution in [3.05, 3.63) is 28.3 Å². The Bertz CT molecular complexity index is 902. The first-order valence-corrected chi connectivity index (χ1v) is 10.3. The molecule has 3 heterocycles. The second kappa shape index (κ2) is 7.07. The third-order valence-corrected chi connectivity index (χ3v) is 6.54. The Hall–Kier alpha value is -1.96. The molecular weight excluding hydrogens is 394 g/mol. The Morgan fingerprint density at radius 1 is 1.24 bits per heavy atom. The minimum atomic E-state index is -1.29. The monoisotopic (exact) mass is 419 g/mol. The zero-order valence-electron chi connectivity index (χ0n) is 17.0. The number of imide groups is 1. The highest BCUT2D eigenvalue weighted by atomic mass is 35.5. The van der Waals surface area contributed by atoms with Crippen LogP contribution in [0.2, 0.25) is 5.02 Å². The van der Waals surface area contributed by atoms with Gasteiger partial charge < -0.3 is 10.1 Å². The van der Waals surface area contributed by atoms with E-state index >= 15 is 0 Å². The van der Waals surface area contributed by atoms with Gasteiger partial charge >= 0.3 is 0 Å². The van der Waals surface area contributed by atoms with E-state index in [2.05, 4.69) is 24.5 Å². The van der Waals surface area contributed by atoms with Crippen LogP contribution in [0.3, 0.4) is 0 Å². The molecule has 0 saturated carbocycles. The van der Waals surface area contributed by atoms with E-state index < -0.39 is 17.4 Å². The predicted molar refractivity (Wildman–Crippen MR) is 108 cm³/mol. The van der Waals surface area contributed by atoms with Crippen LogP contribution in [0.1, 0.15) is 31.4 Å². The fourth-order valence-corrected chi connectivity index (χ4v) is 5.48. The number of benzene rings is 1. The lowest BCUT2D eigenvalue weighted by Crippen LogP contribution is -2.53. The van der Waals surface area contributed by atoms with Crippen LogP contribution in [0, 0.1) is 24.7 Å². The highest BCUT2D eigenvalue weighted by molar-refractivity contribution is 6.31. The molecule has 0 aromatic heterocycles. The van der Waals surface area contributed by atoms with Gasteiger partial charge in [0, 0.05) is 29.4 Å². The van der Waals surface area contributed by atoms with Gasteiger partial charge in [0.2, 0.25) is 17.7 Å². The molecule has 7 nitrogen and oxygen atoms in total. The van der Waals surface area contributed by atoms with Crippen LogP contribution in [-0.2, 0) is 24.7 Å². The summed E-state index contributed by atoms with van der Waals surface area (Å²) in [5.41, 5.74) is 0.871. The topological polar surface area (TPSA) is 87.7 Å². The van der Waals surface area contributed by atoms with Gasteiger partial charge in [0.1, 0.15) is 5.54 Å². The molecule has 4 unspecified atom stereocenters. The van der Waals surface area contributed by atoms with Crippen LogP contribution in [0.5, 0.6) is 0 Å². The van der Waals surface area contributed by atoms with Gasteiger partial charge in [-0.15, -0.1) is 0 Å². The molecule has 1 spiro atoms. The highest BCUT2D eigenvalue weighted by Crippen LogP contribution is 2.54. The average molecular weight is 420 g/mol. The highest BCUT2D eigenvalue weighted by Gasteiger charge is 2.70. The molecule has 2 N–H and O–H groups in total. The maximum Gasteiger partial charge on any atom is 0.250 e. The summed E-state index contributed by atoms with van der Waals surface area (Å²) in [5.74, 6) is -1.94. The average Bonchev–Trinajstić information content (AvgIpc) is 3.20. The zero-order chi connectivity index (χ0) is 21.1. The van der Waals surface area contributed by atoms with Crippen LogP contribution < -0.4 is 10.6 Å². The molecular formula is C21H26ClN3O4. The molecule has 0 bridgehead atoms. The number of halogens is 1. The molecule has 1 aromatic carbocycles. The number of carbonyl (C=O) groups is 3. The van der Waals surface area contributed by atoms with Gasteiger partial charge in [-0.3, -0.25) is 24.6 Å². The van der Waals surface area contributed by atoms with Gasteiger partial charge in [-0.1, -0.05) is 25.4 Å². The van der Waals surface area contributed by atoms with Gasteiger partial charge in [0.05, 0.1) is 25.0 Å². The van der Waals surface area contributed by atoms with Crippen LogP contribution in [0.4, 0.5) is 5.69 Å². The number of hydrogen-bond donors (Lipinski definition) is 2. The van der Waals surface area contributed by atoms with Crippen molar-refractivity contribution in [3.8, 4) is 0 Å². The number of nitrogens with zero attached hydrogens (tertiary/aromatic N) is 1.